The Balaban J connectivity index is 1.62. The molecule has 0 spiro atoms. The van der Waals surface area contributed by atoms with Crippen molar-refractivity contribution in [3.63, 3.8) is 0 Å². The van der Waals surface area contributed by atoms with Crippen molar-refractivity contribution < 1.29 is 13.2 Å². The van der Waals surface area contributed by atoms with Crippen LogP contribution in [0, 0.1) is 11.6 Å². The van der Waals surface area contributed by atoms with Gasteiger partial charge in [-0.2, -0.15) is 0 Å². The van der Waals surface area contributed by atoms with E-state index in [1.54, 1.807) is 43.0 Å². The Morgan fingerprint density at radius 2 is 1.37 bits per heavy atom. The van der Waals surface area contributed by atoms with E-state index in [0.29, 0.717) is 18.6 Å². The van der Waals surface area contributed by atoms with Crippen LogP contribution in [-0.2, 0) is 0 Å². The molecule has 1 aliphatic heterocycles. The van der Waals surface area contributed by atoms with Gasteiger partial charge in [0.1, 0.15) is 17.8 Å². The number of alkyl halides is 1. The van der Waals surface area contributed by atoms with Gasteiger partial charge in [0.15, 0.2) is 0 Å². The molecule has 2 aromatic carbocycles. The van der Waals surface area contributed by atoms with Crippen LogP contribution in [0.15, 0.2) is 48.5 Å². The fraction of sp³-hybridized carbons (Fsp3) is 0.500. The number of piperazine rings is 1. The maximum Gasteiger partial charge on any atom is 0.123 e. The van der Waals surface area contributed by atoms with E-state index < -0.39 is 6.17 Å². The largest absolute Gasteiger partial charge is 0.299 e. The van der Waals surface area contributed by atoms with Gasteiger partial charge in [-0.05, 0) is 56.2 Å². The molecule has 0 radical (unpaired) electrons. The standard InChI is InChI=1S/C24H31F3N2S/c1-17(25)14-29-18(2)15-28(16-19(29)3)12-13-30-24(20-4-8-22(26)9-5-20)21-6-10-23(27)11-7-21/h4-11,17-19,24H,12-16H2,1-3H3/t17?,18-,19+. The van der Waals surface area contributed by atoms with Gasteiger partial charge >= 0.3 is 0 Å². The summed E-state index contributed by atoms with van der Waals surface area (Å²) >= 11 is 1.79. The highest BCUT2D eigenvalue weighted by Crippen LogP contribution is 2.36. The summed E-state index contributed by atoms with van der Waals surface area (Å²) in [6.07, 6.45) is -0.816. The van der Waals surface area contributed by atoms with E-state index in [1.165, 1.54) is 24.3 Å². The number of thioether (sulfide) groups is 1. The fourth-order valence-corrected chi connectivity index (χ4v) is 5.56. The lowest BCUT2D eigenvalue weighted by Crippen LogP contribution is -2.58. The van der Waals surface area contributed by atoms with E-state index in [1.807, 2.05) is 0 Å². The Kier molecular flexibility index (Phi) is 8.26. The number of rotatable bonds is 8. The molecule has 1 heterocycles. The predicted octanol–water partition coefficient (Wildman–Crippen LogP) is 5.54. The lowest BCUT2D eigenvalue weighted by molar-refractivity contribution is 0.0271. The number of hydrogen-bond donors (Lipinski definition) is 0. The first kappa shape index (κ1) is 23.2. The first-order chi connectivity index (χ1) is 14.3. The van der Waals surface area contributed by atoms with Gasteiger partial charge in [0, 0.05) is 44.0 Å². The van der Waals surface area contributed by atoms with Gasteiger partial charge in [-0.15, -0.1) is 11.8 Å². The van der Waals surface area contributed by atoms with Gasteiger partial charge in [0.2, 0.25) is 0 Å². The molecule has 6 heteroatoms. The van der Waals surface area contributed by atoms with Gasteiger partial charge in [0.05, 0.1) is 5.25 Å². The molecule has 0 N–H and O–H groups in total. The minimum atomic E-state index is -0.816. The highest BCUT2D eigenvalue weighted by atomic mass is 32.2. The van der Waals surface area contributed by atoms with E-state index in [2.05, 4.69) is 23.6 Å². The maximum absolute atomic E-state index is 13.5. The van der Waals surface area contributed by atoms with E-state index in [0.717, 1.165) is 36.5 Å². The molecule has 0 aliphatic carbocycles. The van der Waals surface area contributed by atoms with E-state index in [9.17, 15) is 13.2 Å². The average molecular weight is 437 g/mol. The van der Waals surface area contributed by atoms with Crippen LogP contribution in [0.2, 0.25) is 0 Å². The topological polar surface area (TPSA) is 6.48 Å². The number of hydrogen-bond acceptors (Lipinski definition) is 3. The lowest BCUT2D eigenvalue weighted by Gasteiger charge is -2.44. The second kappa shape index (κ2) is 10.7. The third kappa shape index (κ3) is 6.25. The smallest absolute Gasteiger partial charge is 0.123 e. The molecule has 0 amide bonds. The van der Waals surface area contributed by atoms with E-state index in [-0.39, 0.29) is 16.9 Å². The lowest BCUT2D eigenvalue weighted by atomic mass is 10.0. The van der Waals surface area contributed by atoms with Crippen molar-refractivity contribution in [1.82, 2.24) is 9.80 Å². The Labute approximate surface area is 182 Å². The highest BCUT2D eigenvalue weighted by molar-refractivity contribution is 7.99. The molecule has 0 saturated carbocycles. The number of benzene rings is 2. The van der Waals surface area contributed by atoms with Crippen LogP contribution < -0.4 is 0 Å². The Hall–Kier alpha value is -1.50. The summed E-state index contributed by atoms with van der Waals surface area (Å²) in [5, 5.41) is 0.0229. The van der Waals surface area contributed by atoms with Crippen molar-refractivity contribution in [3.8, 4) is 0 Å². The Bertz CT molecular complexity index is 725. The van der Waals surface area contributed by atoms with Crippen LogP contribution in [0.4, 0.5) is 13.2 Å². The first-order valence-corrected chi connectivity index (χ1v) is 11.6. The van der Waals surface area contributed by atoms with E-state index in [4.69, 9.17) is 0 Å². The quantitative estimate of drug-likeness (QED) is 0.536. The molecule has 164 valence electrons. The molecule has 1 fully saturated rings. The Morgan fingerprint density at radius 1 is 0.900 bits per heavy atom. The van der Waals surface area contributed by atoms with Crippen LogP contribution in [0.3, 0.4) is 0 Å². The summed E-state index contributed by atoms with van der Waals surface area (Å²) in [6.45, 7) is 9.22. The molecule has 1 unspecified atom stereocenters. The molecule has 3 rings (SSSR count). The van der Waals surface area contributed by atoms with Crippen LogP contribution in [0.5, 0.6) is 0 Å². The molecule has 1 aliphatic rings. The second-order valence-corrected chi connectivity index (χ2v) is 9.50. The number of nitrogens with zero attached hydrogens (tertiary/aromatic N) is 2. The monoisotopic (exact) mass is 436 g/mol. The molecule has 2 aromatic rings. The van der Waals surface area contributed by atoms with Gasteiger partial charge in [-0.25, -0.2) is 13.2 Å². The van der Waals surface area contributed by atoms with Crippen molar-refractivity contribution in [2.45, 2.75) is 44.3 Å². The van der Waals surface area contributed by atoms with Crippen LogP contribution >= 0.6 is 11.8 Å². The molecule has 0 aromatic heterocycles. The summed E-state index contributed by atoms with van der Waals surface area (Å²) in [5.74, 6) is 0.383. The van der Waals surface area contributed by atoms with Crippen molar-refractivity contribution in [3.05, 3.63) is 71.3 Å². The third-order valence-corrected chi connectivity index (χ3v) is 6.97. The molecule has 1 saturated heterocycles. The fourth-order valence-electron chi connectivity index (χ4n) is 4.26. The van der Waals surface area contributed by atoms with Crippen LogP contribution in [0.1, 0.15) is 37.1 Å². The molecule has 30 heavy (non-hydrogen) atoms. The van der Waals surface area contributed by atoms with Gasteiger partial charge in [-0.3, -0.25) is 9.80 Å². The molecular formula is C24H31F3N2S. The zero-order valence-electron chi connectivity index (χ0n) is 17.9. The zero-order chi connectivity index (χ0) is 21.7. The predicted molar refractivity (Wildman–Crippen MR) is 120 cm³/mol. The molecule has 2 nitrogen and oxygen atoms in total. The molecular weight excluding hydrogens is 405 g/mol. The van der Waals surface area contributed by atoms with Crippen LogP contribution in [-0.4, -0.2) is 60.0 Å². The summed E-state index contributed by atoms with van der Waals surface area (Å²) in [6, 6.07) is 13.7. The first-order valence-electron chi connectivity index (χ1n) is 10.6. The summed E-state index contributed by atoms with van der Waals surface area (Å²) in [4.78, 5) is 4.70. The third-order valence-electron chi connectivity index (χ3n) is 5.68. The minimum Gasteiger partial charge on any atom is -0.299 e. The van der Waals surface area contributed by atoms with E-state index >= 15 is 0 Å². The summed E-state index contributed by atoms with van der Waals surface area (Å²) in [7, 11) is 0. The van der Waals surface area contributed by atoms with Gasteiger partial charge in [-0.1, -0.05) is 24.3 Å². The Morgan fingerprint density at radius 3 is 1.80 bits per heavy atom. The van der Waals surface area contributed by atoms with Crippen molar-refractivity contribution in [1.29, 1.82) is 0 Å². The summed E-state index contributed by atoms with van der Waals surface area (Å²) < 4.78 is 40.3. The van der Waals surface area contributed by atoms with Gasteiger partial charge in [0.25, 0.3) is 0 Å². The van der Waals surface area contributed by atoms with Crippen molar-refractivity contribution >= 4 is 11.8 Å². The molecule has 0 bridgehead atoms. The van der Waals surface area contributed by atoms with Crippen molar-refractivity contribution in [2.75, 3.05) is 31.9 Å². The SMILES string of the molecule is CC(F)CN1[C@H](C)CN(CCSC(c2ccc(F)cc2)c2ccc(F)cc2)C[C@@H]1C. The number of halogens is 3. The zero-order valence-corrected chi connectivity index (χ0v) is 18.7. The van der Waals surface area contributed by atoms with Crippen molar-refractivity contribution in [2.24, 2.45) is 0 Å². The summed E-state index contributed by atoms with van der Waals surface area (Å²) in [5.41, 5.74) is 2.02. The van der Waals surface area contributed by atoms with Crippen LogP contribution in [0.25, 0.3) is 0 Å². The van der Waals surface area contributed by atoms with Gasteiger partial charge < -0.3 is 0 Å². The average Bonchev–Trinajstić information content (AvgIpc) is 2.70. The minimum absolute atomic E-state index is 0.0229. The normalized spacial score (nSPS) is 21.8. The molecule has 3 atom stereocenters. The maximum atomic E-state index is 13.5. The second-order valence-electron chi connectivity index (χ2n) is 8.29. The highest BCUT2D eigenvalue weighted by Gasteiger charge is 2.30.